The van der Waals surface area contributed by atoms with Gasteiger partial charge in [0.2, 0.25) is 10.1 Å². The van der Waals surface area contributed by atoms with Crippen LogP contribution >= 0.6 is 11.3 Å². The highest BCUT2D eigenvalue weighted by atomic mass is 32.1. The highest BCUT2D eigenvalue weighted by Crippen LogP contribution is 2.16. The van der Waals surface area contributed by atoms with Gasteiger partial charge in [-0.1, -0.05) is 11.3 Å². The minimum Gasteiger partial charge on any atom is -0.379 e. The fraction of sp³-hybridized carbons (Fsp3) is 0.643. The summed E-state index contributed by atoms with van der Waals surface area (Å²) < 4.78 is 12.4. The van der Waals surface area contributed by atoms with Crippen LogP contribution in [0.3, 0.4) is 0 Å². The first-order chi connectivity index (χ1) is 10.7. The standard InChI is InChI=1S/C14H20N4O3S/c1-10-8-12(19)18-14(16-10)22-13(17-18)15-5-3-6-20-9-11-4-2-7-21-11/h8,11H,2-7,9H2,1H3,(H,15,17)/t11-/m1/s1. The Hall–Kier alpha value is -1.51. The Balaban J connectivity index is 1.42. The molecule has 0 radical (unpaired) electrons. The molecule has 0 spiro atoms. The normalized spacial score (nSPS) is 18.1. The summed E-state index contributed by atoms with van der Waals surface area (Å²) in [6.07, 6.45) is 3.40. The average molecular weight is 324 g/mol. The Kier molecular flexibility index (Phi) is 5.01. The first kappa shape index (κ1) is 15.4. The number of nitrogens with zero attached hydrogens (tertiary/aromatic N) is 3. The van der Waals surface area contributed by atoms with Crippen molar-refractivity contribution in [2.24, 2.45) is 0 Å². The molecule has 22 heavy (non-hydrogen) atoms. The summed E-state index contributed by atoms with van der Waals surface area (Å²) in [6, 6.07) is 1.48. The molecule has 120 valence electrons. The summed E-state index contributed by atoms with van der Waals surface area (Å²) >= 11 is 1.38. The van der Waals surface area contributed by atoms with Crippen molar-refractivity contribution >= 4 is 21.4 Å². The molecule has 8 heteroatoms. The summed E-state index contributed by atoms with van der Waals surface area (Å²) in [6.45, 7) is 4.79. The molecule has 0 saturated carbocycles. The van der Waals surface area contributed by atoms with Gasteiger partial charge in [0, 0.05) is 31.5 Å². The fourth-order valence-corrected chi connectivity index (χ4v) is 3.23. The molecule has 0 aliphatic carbocycles. The van der Waals surface area contributed by atoms with E-state index in [1.54, 1.807) is 6.92 Å². The lowest BCUT2D eigenvalue weighted by Crippen LogP contribution is -2.16. The van der Waals surface area contributed by atoms with E-state index in [0.29, 0.717) is 29.0 Å². The maximum atomic E-state index is 11.8. The van der Waals surface area contributed by atoms with Gasteiger partial charge >= 0.3 is 0 Å². The molecule has 0 aromatic carbocycles. The van der Waals surface area contributed by atoms with Crippen LogP contribution in [-0.2, 0) is 9.47 Å². The minimum atomic E-state index is -0.147. The smallest absolute Gasteiger partial charge is 0.275 e. The second-order valence-electron chi connectivity index (χ2n) is 5.33. The Morgan fingerprint density at radius 3 is 3.32 bits per heavy atom. The Morgan fingerprint density at radius 1 is 1.59 bits per heavy atom. The van der Waals surface area contributed by atoms with Gasteiger partial charge < -0.3 is 14.8 Å². The number of anilines is 1. The molecule has 2 aromatic rings. The lowest BCUT2D eigenvalue weighted by molar-refractivity contribution is 0.0172. The Labute approximate surface area is 132 Å². The number of fused-ring (bicyclic) bond motifs is 1. The second-order valence-corrected chi connectivity index (χ2v) is 6.28. The molecule has 1 saturated heterocycles. The summed E-state index contributed by atoms with van der Waals surface area (Å²) in [5.74, 6) is 0. The molecular weight excluding hydrogens is 304 g/mol. The quantitative estimate of drug-likeness (QED) is 0.777. The van der Waals surface area contributed by atoms with Gasteiger partial charge in [-0.2, -0.15) is 4.52 Å². The van der Waals surface area contributed by atoms with Crippen LogP contribution in [0.25, 0.3) is 4.96 Å². The number of aryl methyl sites for hydroxylation is 1. The number of hydrogen-bond acceptors (Lipinski definition) is 7. The van der Waals surface area contributed by atoms with Crippen molar-refractivity contribution < 1.29 is 9.47 Å². The molecule has 7 nitrogen and oxygen atoms in total. The monoisotopic (exact) mass is 324 g/mol. The SMILES string of the molecule is Cc1cc(=O)n2nc(NCCCOC[C@H]3CCCO3)sc2n1. The molecule has 2 aromatic heterocycles. The highest BCUT2D eigenvalue weighted by molar-refractivity contribution is 7.20. The third-order valence-corrected chi connectivity index (χ3v) is 4.31. The van der Waals surface area contributed by atoms with Crippen molar-refractivity contribution in [3.05, 3.63) is 22.1 Å². The van der Waals surface area contributed by atoms with Crippen LogP contribution in [0.1, 0.15) is 25.0 Å². The van der Waals surface area contributed by atoms with Crippen LogP contribution in [0.2, 0.25) is 0 Å². The van der Waals surface area contributed by atoms with Gasteiger partial charge in [-0.15, -0.1) is 5.10 Å². The molecule has 1 N–H and O–H groups in total. The summed E-state index contributed by atoms with van der Waals surface area (Å²) in [7, 11) is 0. The number of hydrogen-bond donors (Lipinski definition) is 1. The zero-order valence-electron chi connectivity index (χ0n) is 12.6. The van der Waals surface area contributed by atoms with Crippen molar-refractivity contribution in [2.45, 2.75) is 32.3 Å². The van der Waals surface area contributed by atoms with Crippen LogP contribution < -0.4 is 10.9 Å². The molecular formula is C14H20N4O3S. The first-order valence-corrected chi connectivity index (χ1v) is 8.35. The van der Waals surface area contributed by atoms with Gasteiger partial charge in [0.25, 0.3) is 5.56 Å². The van der Waals surface area contributed by atoms with Crippen LogP contribution in [0.15, 0.2) is 10.9 Å². The van der Waals surface area contributed by atoms with Crippen LogP contribution in [0, 0.1) is 6.92 Å². The van der Waals surface area contributed by atoms with Crippen LogP contribution in [0.4, 0.5) is 5.13 Å². The van der Waals surface area contributed by atoms with Crippen LogP contribution in [-0.4, -0.2) is 47.1 Å². The Morgan fingerprint density at radius 2 is 2.50 bits per heavy atom. The summed E-state index contributed by atoms with van der Waals surface area (Å²) in [4.78, 5) is 16.7. The largest absolute Gasteiger partial charge is 0.379 e. The van der Waals surface area contributed by atoms with Gasteiger partial charge in [0.1, 0.15) is 0 Å². The third kappa shape index (κ3) is 3.82. The van der Waals surface area contributed by atoms with E-state index >= 15 is 0 Å². The van der Waals surface area contributed by atoms with E-state index in [0.717, 1.165) is 32.4 Å². The molecule has 1 atom stereocenters. The molecule has 3 heterocycles. The first-order valence-electron chi connectivity index (χ1n) is 7.53. The van der Waals surface area contributed by atoms with Crippen molar-refractivity contribution in [3.63, 3.8) is 0 Å². The van der Waals surface area contributed by atoms with E-state index in [1.807, 2.05) is 0 Å². The van der Waals surface area contributed by atoms with E-state index in [-0.39, 0.29) is 11.7 Å². The zero-order valence-corrected chi connectivity index (χ0v) is 13.4. The van der Waals surface area contributed by atoms with Crippen molar-refractivity contribution in [1.29, 1.82) is 0 Å². The second kappa shape index (κ2) is 7.17. The van der Waals surface area contributed by atoms with Gasteiger partial charge in [-0.3, -0.25) is 4.79 Å². The number of ether oxygens (including phenoxy) is 2. The summed E-state index contributed by atoms with van der Waals surface area (Å²) in [5.41, 5.74) is 0.564. The number of nitrogens with one attached hydrogen (secondary N) is 1. The number of aromatic nitrogens is 3. The van der Waals surface area contributed by atoms with Gasteiger partial charge in [0.05, 0.1) is 12.7 Å². The lowest BCUT2D eigenvalue weighted by atomic mass is 10.2. The molecule has 0 bridgehead atoms. The van der Waals surface area contributed by atoms with Crippen molar-refractivity contribution in [1.82, 2.24) is 14.6 Å². The summed E-state index contributed by atoms with van der Waals surface area (Å²) in [5, 5.41) is 8.13. The minimum absolute atomic E-state index is 0.147. The van der Waals surface area contributed by atoms with Gasteiger partial charge in [-0.25, -0.2) is 4.98 Å². The molecule has 1 aliphatic rings. The molecule has 1 aliphatic heterocycles. The van der Waals surface area contributed by atoms with E-state index < -0.39 is 0 Å². The van der Waals surface area contributed by atoms with E-state index in [4.69, 9.17) is 9.47 Å². The fourth-order valence-electron chi connectivity index (χ4n) is 2.35. The maximum Gasteiger partial charge on any atom is 0.275 e. The lowest BCUT2D eigenvalue weighted by Gasteiger charge is -2.09. The van der Waals surface area contributed by atoms with E-state index in [1.165, 1.54) is 21.9 Å². The molecule has 0 amide bonds. The van der Waals surface area contributed by atoms with Gasteiger partial charge in [0.15, 0.2) is 0 Å². The topological polar surface area (TPSA) is 77.8 Å². The third-order valence-electron chi connectivity index (χ3n) is 3.44. The highest BCUT2D eigenvalue weighted by Gasteiger charge is 2.14. The molecule has 1 fully saturated rings. The number of rotatable bonds is 7. The van der Waals surface area contributed by atoms with Gasteiger partial charge in [-0.05, 0) is 26.2 Å². The van der Waals surface area contributed by atoms with Crippen molar-refractivity contribution in [2.75, 3.05) is 31.7 Å². The van der Waals surface area contributed by atoms with Crippen molar-refractivity contribution in [3.8, 4) is 0 Å². The Bertz CT molecular complexity index is 678. The zero-order chi connectivity index (χ0) is 15.4. The van der Waals surface area contributed by atoms with E-state index in [9.17, 15) is 4.79 Å². The molecule has 0 unspecified atom stereocenters. The average Bonchev–Trinajstić information content (AvgIpc) is 3.11. The predicted molar refractivity (Wildman–Crippen MR) is 84.8 cm³/mol. The van der Waals surface area contributed by atoms with E-state index in [2.05, 4.69) is 15.4 Å². The van der Waals surface area contributed by atoms with Crippen LogP contribution in [0.5, 0.6) is 0 Å². The predicted octanol–water partition coefficient (Wildman–Crippen LogP) is 1.46. The maximum absolute atomic E-state index is 11.8. The molecule has 3 rings (SSSR count).